The van der Waals surface area contributed by atoms with Gasteiger partial charge in [0.15, 0.2) is 0 Å². The second-order valence-corrected chi connectivity index (χ2v) is 6.00. The zero-order chi connectivity index (χ0) is 17.3. The first-order chi connectivity index (χ1) is 11.5. The van der Waals surface area contributed by atoms with Crippen molar-refractivity contribution in [1.29, 1.82) is 0 Å². The zero-order valence-electron chi connectivity index (χ0n) is 14.6. The smallest absolute Gasteiger partial charge is 0.252 e. The number of nitrogens with one attached hydrogen (secondary N) is 1. The van der Waals surface area contributed by atoms with Gasteiger partial charge in [-0.3, -0.25) is 9.48 Å². The van der Waals surface area contributed by atoms with Crippen molar-refractivity contribution in [3.05, 3.63) is 47.3 Å². The van der Waals surface area contributed by atoms with E-state index in [0.717, 1.165) is 40.0 Å². The first-order valence-electron chi connectivity index (χ1n) is 8.21. The third-order valence-corrected chi connectivity index (χ3v) is 4.26. The molecule has 0 bridgehead atoms. The molecular formula is C19H22N4O. The first-order valence-corrected chi connectivity index (χ1v) is 8.21. The highest BCUT2D eigenvalue weighted by Crippen LogP contribution is 2.29. The normalized spacial score (nSPS) is 11.0. The lowest BCUT2D eigenvalue weighted by Gasteiger charge is -2.10. The molecule has 2 aromatic heterocycles. The largest absolute Gasteiger partial charge is 0.352 e. The lowest BCUT2D eigenvalue weighted by molar-refractivity contribution is 0.0955. The number of amides is 1. The van der Waals surface area contributed by atoms with Crippen molar-refractivity contribution in [1.82, 2.24) is 20.1 Å². The van der Waals surface area contributed by atoms with E-state index < -0.39 is 0 Å². The van der Waals surface area contributed by atoms with Crippen molar-refractivity contribution < 1.29 is 4.79 Å². The lowest BCUT2D eigenvalue weighted by atomic mass is 10.0. The number of carbonyl (C=O) groups is 1. The molecule has 124 valence electrons. The number of para-hydroxylation sites is 1. The summed E-state index contributed by atoms with van der Waals surface area (Å²) in [6.07, 6.45) is 0.905. The minimum atomic E-state index is -0.0594. The Morgan fingerprint density at radius 2 is 2.00 bits per heavy atom. The molecule has 0 radical (unpaired) electrons. The molecule has 24 heavy (non-hydrogen) atoms. The molecule has 0 aliphatic rings. The Balaban J connectivity index is 2.22. The van der Waals surface area contributed by atoms with Crippen molar-refractivity contribution >= 4 is 16.8 Å². The second-order valence-electron chi connectivity index (χ2n) is 6.00. The molecular weight excluding hydrogens is 300 g/mol. The summed E-state index contributed by atoms with van der Waals surface area (Å²) < 4.78 is 1.85. The van der Waals surface area contributed by atoms with Crippen molar-refractivity contribution in [3.63, 3.8) is 0 Å². The molecule has 0 fully saturated rings. The van der Waals surface area contributed by atoms with E-state index in [2.05, 4.69) is 10.4 Å². The van der Waals surface area contributed by atoms with Gasteiger partial charge in [-0.15, -0.1) is 0 Å². The number of rotatable bonds is 4. The summed E-state index contributed by atoms with van der Waals surface area (Å²) in [6, 6.07) is 9.63. The fourth-order valence-electron chi connectivity index (χ4n) is 2.97. The van der Waals surface area contributed by atoms with E-state index in [-0.39, 0.29) is 5.91 Å². The van der Waals surface area contributed by atoms with Crippen LogP contribution in [0.1, 0.15) is 35.1 Å². The number of aromatic nitrogens is 3. The first kappa shape index (κ1) is 16.2. The molecule has 1 N–H and O–H groups in total. The van der Waals surface area contributed by atoms with Crippen molar-refractivity contribution in [2.45, 2.75) is 27.2 Å². The summed E-state index contributed by atoms with van der Waals surface area (Å²) in [5.41, 5.74) is 5.21. The maximum atomic E-state index is 12.6. The van der Waals surface area contributed by atoms with Gasteiger partial charge in [0, 0.05) is 30.2 Å². The molecule has 0 unspecified atom stereocenters. The summed E-state index contributed by atoms with van der Waals surface area (Å²) in [7, 11) is 1.92. The van der Waals surface area contributed by atoms with Gasteiger partial charge in [0.1, 0.15) is 0 Å². The van der Waals surface area contributed by atoms with Gasteiger partial charge in [0.25, 0.3) is 5.91 Å². The Hall–Kier alpha value is -2.69. The summed E-state index contributed by atoms with van der Waals surface area (Å²) in [5.74, 6) is -0.0594. The minimum Gasteiger partial charge on any atom is -0.352 e. The number of fused-ring (bicyclic) bond motifs is 1. The number of pyridine rings is 1. The summed E-state index contributed by atoms with van der Waals surface area (Å²) >= 11 is 0. The minimum absolute atomic E-state index is 0.0594. The van der Waals surface area contributed by atoms with Crippen molar-refractivity contribution in [2.75, 3.05) is 6.54 Å². The number of hydrogen-bond acceptors (Lipinski definition) is 3. The van der Waals surface area contributed by atoms with Crippen LogP contribution in [0.25, 0.3) is 22.2 Å². The summed E-state index contributed by atoms with van der Waals surface area (Å²) in [4.78, 5) is 17.4. The Kier molecular flexibility index (Phi) is 4.34. The van der Waals surface area contributed by atoms with Crippen LogP contribution >= 0.6 is 0 Å². The van der Waals surface area contributed by atoms with Crippen LogP contribution < -0.4 is 5.32 Å². The molecule has 0 aliphatic heterocycles. The molecule has 0 saturated carbocycles. The van der Waals surface area contributed by atoms with Gasteiger partial charge < -0.3 is 5.32 Å². The molecule has 1 aromatic carbocycles. The predicted molar refractivity (Wildman–Crippen MR) is 96.0 cm³/mol. The maximum absolute atomic E-state index is 12.6. The number of nitrogens with zero attached hydrogens (tertiary/aromatic N) is 3. The quantitative estimate of drug-likeness (QED) is 0.801. The van der Waals surface area contributed by atoms with Gasteiger partial charge in [-0.25, -0.2) is 4.98 Å². The number of hydrogen-bond donors (Lipinski definition) is 1. The molecule has 3 rings (SSSR count). The number of benzene rings is 1. The molecule has 2 heterocycles. The SMILES string of the molecule is CCCNC(=O)c1cc(-c2c(C)nn(C)c2C)nc2ccccc12. The lowest BCUT2D eigenvalue weighted by Crippen LogP contribution is -2.24. The van der Waals surface area contributed by atoms with E-state index >= 15 is 0 Å². The predicted octanol–water partition coefficient (Wildman–Crippen LogP) is 3.39. The molecule has 3 aromatic rings. The van der Waals surface area contributed by atoms with Gasteiger partial charge in [0.05, 0.1) is 22.5 Å². The third kappa shape index (κ3) is 2.77. The van der Waals surface area contributed by atoms with E-state index in [9.17, 15) is 4.79 Å². The Morgan fingerprint density at radius 1 is 1.25 bits per heavy atom. The fraction of sp³-hybridized carbons (Fsp3) is 0.316. The highest BCUT2D eigenvalue weighted by molar-refractivity contribution is 6.07. The number of carbonyl (C=O) groups excluding carboxylic acids is 1. The maximum Gasteiger partial charge on any atom is 0.252 e. The zero-order valence-corrected chi connectivity index (χ0v) is 14.6. The van der Waals surface area contributed by atoms with Crippen LogP contribution in [0.2, 0.25) is 0 Å². The molecule has 0 saturated heterocycles. The van der Waals surface area contributed by atoms with Gasteiger partial charge in [0.2, 0.25) is 0 Å². The van der Waals surface area contributed by atoms with Crippen LogP contribution in [-0.2, 0) is 7.05 Å². The molecule has 5 nitrogen and oxygen atoms in total. The van der Waals surface area contributed by atoms with Gasteiger partial charge in [-0.2, -0.15) is 5.10 Å². The van der Waals surface area contributed by atoms with Gasteiger partial charge >= 0.3 is 0 Å². The van der Waals surface area contributed by atoms with Crippen LogP contribution in [-0.4, -0.2) is 27.2 Å². The molecule has 0 spiro atoms. The average Bonchev–Trinajstić information content (AvgIpc) is 2.84. The van der Waals surface area contributed by atoms with Crippen LogP contribution in [0.3, 0.4) is 0 Å². The highest BCUT2D eigenvalue weighted by atomic mass is 16.1. The Bertz CT molecular complexity index is 911. The Labute approximate surface area is 141 Å². The van der Waals surface area contributed by atoms with Crippen LogP contribution in [0.4, 0.5) is 0 Å². The standard InChI is InChI=1S/C19H22N4O/c1-5-10-20-19(24)15-11-17(18-12(2)22-23(4)13(18)3)21-16-9-7-6-8-14(15)16/h6-9,11H,5,10H2,1-4H3,(H,20,24). The van der Waals surface area contributed by atoms with E-state index in [0.29, 0.717) is 12.1 Å². The van der Waals surface area contributed by atoms with E-state index in [1.165, 1.54) is 0 Å². The second kappa shape index (κ2) is 6.43. The van der Waals surface area contributed by atoms with E-state index in [4.69, 9.17) is 4.98 Å². The fourth-order valence-corrected chi connectivity index (χ4v) is 2.97. The monoisotopic (exact) mass is 322 g/mol. The van der Waals surface area contributed by atoms with E-state index in [1.807, 2.05) is 62.8 Å². The molecule has 1 amide bonds. The average molecular weight is 322 g/mol. The molecule has 0 atom stereocenters. The Morgan fingerprint density at radius 3 is 2.67 bits per heavy atom. The summed E-state index contributed by atoms with van der Waals surface area (Å²) in [6.45, 7) is 6.69. The van der Waals surface area contributed by atoms with E-state index in [1.54, 1.807) is 0 Å². The van der Waals surface area contributed by atoms with Gasteiger partial charge in [-0.1, -0.05) is 25.1 Å². The van der Waals surface area contributed by atoms with Gasteiger partial charge in [-0.05, 0) is 32.4 Å². The van der Waals surface area contributed by atoms with Crippen molar-refractivity contribution in [2.24, 2.45) is 7.05 Å². The third-order valence-electron chi connectivity index (χ3n) is 4.26. The van der Waals surface area contributed by atoms with Crippen LogP contribution in [0, 0.1) is 13.8 Å². The van der Waals surface area contributed by atoms with Crippen LogP contribution in [0.5, 0.6) is 0 Å². The molecule has 0 aliphatic carbocycles. The summed E-state index contributed by atoms with van der Waals surface area (Å²) in [5, 5.41) is 8.30. The topological polar surface area (TPSA) is 59.8 Å². The number of aryl methyl sites for hydroxylation is 2. The highest BCUT2D eigenvalue weighted by Gasteiger charge is 2.18. The van der Waals surface area contributed by atoms with Crippen LogP contribution in [0.15, 0.2) is 30.3 Å². The van der Waals surface area contributed by atoms with Crippen molar-refractivity contribution in [3.8, 4) is 11.3 Å². The molecule has 5 heteroatoms.